The molecule has 0 fully saturated rings. The van der Waals surface area contributed by atoms with Crippen molar-refractivity contribution in [1.29, 1.82) is 0 Å². The fourth-order valence-electron chi connectivity index (χ4n) is 1.99. The van der Waals surface area contributed by atoms with Gasteiger partial charge in [0.15, 0.2) is 0 Å². The number of carboxylic acids is 1. The van der Waals surface area contributed by atoms with E-state index in [4.69, 9.17) is 9.84 Å². The van der Waals surface area contributed by atoms with Crippen molar-refractivity contribution in [1.82, 2.24) is 0 Å². The summed E-state index contributed by atoms with van der Waals surface area (Å²) < 4.78 is 6.31. The molecular weight excluding hydrogens is 236 g/mol. The van der Waals surface area contributed by atoms with Gasteiger partial charge < -0.3 is 9.84 Å². The van der Waals surface area contributed by atoms with E-state index in [1.807, 2.05) is 29.6 Å². The lowest BCUT2D eigenvalue weighted by atomic mass is 9.96. The van der Waals surface area contributed by atoms with E-state index in [1.165, 1.54) is 4.70 Å². The normalized spacial score (nSPS) is 12.8. The maximum atomic E-state index is 10.9. The molecule has 1 unspecified atom stereocenters. The molecule has 1 heterocycles. The zero-order valence-electron chi connectivity index (χ0n) is 9.55. The molecule has 0 radical (unpaired) electrons. The van der Waals surface area contributed by atoms with E-state index >= 15 is 0 Å². The summed E-state index contributed by atoms with van der Waals surface area (Å²) in [6, 6.07) is 8.05. The van der Waals surface area contributed by atoms with Crippen LogP contribution in [0.15, 0.2) is 29.6 Å². The largest absolute Gasteiger partial charge is 0.481 e. The van der Waals surface area contributed by atoms with Gasteiger partial charge >= 0.3 is 5.97 Å². The number of hydrogen-bond donors (Lipinski definition) is 1. The van der Waals surface area contributed by atoms with E-state index < -0.39 is 5.97 Å². The maximum absolute atomic E-state index is 10.9. The van der Waals surface area contributed by atoms with E-state index in [1.54, 1.807) is 18.4 Å². The van der Waals surface area contributed by atoms with Gasteiger partial charge in [-0.05, 0) is 22.4 Å². The molecule has 0 aliphatic heterocycles. The van der Waals surface area contributed by atoms with E-state index in [0.29, 0.717) is 6.61 Å². The van der Waals surface area contributed by atoms with Crippen LogP contribution in [0, 0.1) is 0 Å². The van der Waals surface area contributed by atoms with E-state index in [9.17, 15) is 4.79 Å². The van der Waals surface area contributed by atoms with Gasteiger partial charge in [-0.2, -0.15) is 0 Å². The number of methoxy groups -OCH3 is 1. The summed E-state index contributed by atoms with van der Waals surface area (Å²) in [5.74, 6) is -0.865. The molecule has 0 spiro atoms. The highest BCUT2D eigenvalue weighted by atomic mass is 32.1. The third kappa shape index (κ3) is 2.65. The molecule has 4 heteroatoms. The van der Waals surface area contributed by atoms with Crippen LogP contribution in [0.4, 0.5) is 0 Å². The van der Waals surface area contributed by atoms with Crippen LogP contribution in [0.1, 0.15) is 17.9 Å². The van der Waals surface area contributed by atoms with Gasteiger partial charge in [0.05, 0.1) is 13.0 Å². The number of thiophene rings is 1. The second kappa shape index (κ2) is 5.29. The molecule has 1 aromatic carbocycles. The predicted octanol–water partition coefficient (Wildman–Crippen LogP) is 3.11. The molecule has 0 aliphatic rings. The highest BCUT2D eigenvalue weighted by Crippen LogP contribution is 2.33. The molecule has 1 aromatic heterocycles. The topological polar surface area (TPSA) is 46.5 Å². The monoisotopic (exact) mass is 250 g/mol. The Bertz CT molecular complexity index is 518. The van der Waals surface area contributed by atoms with E-state index in [0.717, 1.165) is 10.9 Å². The summed E-state index contributed by atoms with van der Waals surface area (Å²) in [6.45, 7) is 0.438. The first-order chi connectivity index (χ1) is 8.22. The quantitative estimate of drug-likeness (QED) is 0.887. The smallest absolute Gasteiger partial charge is 0.304 e. The van der Waals surface area contributed by atoms with Crippen LogP contribution in [-0.2, 0) is 9.53 Å². The van der Waals surface area contributed by atoms with E-state index in [2.05, 4.69) is 0 Å². The van der Waals surface area contributed by atoms with Crippen LogP contribution in [0.2, 0.25) is 0 Å². The zero-order valence-corrected chi connectivity index (χ0v) is 10.4. The van der Waals surface area contributed by atoms with Crippen molar-refractivity contribution in [3.8, 4) is 0 Å². The molecule has 0 saturated heterocycles. The summed E-state index contributed by atoms with van der Waals surface area (Å²) in [6.07, 6.45) is 0.106. The molecule has 17 heavy (non-hydrogen) atoms. The minimum atomic E-state index is -0.790. The van der Waals surface area contributed by atoms with Crippen molar-refractivity contribution in [2.75, 3.05) is 13.7 Å². The molecule has 2 aromatic rings. The van der Waals surface area contributed by atoms with Crippen LogP contribution in [0.3, 0.4) is 0 Å². The number of rotatable bonds is 5. The molecule has 0 bridgehead atoms. The number of hydrogen-bond acceptors (Lipinski definition) is 3. The summed E-state index contributed by atoms with van der Waals surface area (Å²) in [7, 11) is 1.60. The zero-order chi connectivity index (χ0) is 12.3. The molecule has 90 valence electrons. The average molecular weight is 250 g/mol. The van der Waals surface area contributed by atoms with Crippen molar-refractivity contribution >= 4 is 27.4 Å². The fourth-order valence-corrected chi connectivity index (χ4v) is 3.03. The lowest BCUT2D eigenvalue weighted by Crippen LogP contribution is -2.11. The average Bonchev–Trinajstić information content (AvgIpc) is 2.71. The predicted molar refractivity (Wildman–Crippen MR) is 68.7 cm³/mol. The summed E-state index contributed by atoms with van der Waals surface area (Å²) in [4.78, 5) is 10.9. The standard InChI is InChI=1S/C13H14O3S/c1-16-7-9(6-13(14)15)11-8-17-12-5-3-2-4-10(11)12/h2-5,8-9H,6-7H2,1H3,(H,14,15). The number of carboxylic acid groups (broad SMARTS) is 1. The Hall–Kier alpha value is -1.39. The summed E-state index contributed by atoms with van der Waals surface area (Å²) in [5.41, 5.74) is 1.08. The van der Waals surface area contributed by atoms with Gasteiger partial charge in [-0.25, -0.2) is 0 Å². The van der Waals surface area contributed by atoms with Crippen LogP contribution < -0.4 is 0 Å². The Kier molecular flexibility index (Phi) is 3.76. The third-order valence-electron chi connectivity index (χ3n) is 2.74. The third-order valence-corrected chi connectivity index (χ3v) is 3.72. The molecule has 1 N–H and O–H groups in total. The number of benzene rings is 1. The number of carbonyl (C=O) groups is 1. The highest BCUT2D eigenvalue weighted by Gasteiger charge is 2.18. The van der Waals surface area contributed by atoms with Crippen LogP contribution in [0.25, 0.3) is 10.1 Å². The molecular formula is C13H14O3S. The fraction of sp³-hybridized carbons (Fsp3) is 0.308. The number of ether oxygens (including phenoxy) is 1. The van der Waals surface area contributed by atoms with Crippen molar-refractivity contribution in [3.05, 3.63) is 35.2 Å². The Labute approximate surface area is 104 Å². The molecule has 0 aliphatic carbocycles. The summed E-state index contributed by atoms with van der Waals surface area (Å²) in [5, 5.41) is 12.1. The Balaban J connectivity index is 2.37. The lowest BCUT2D eigenvalue weighted by molar-refractivity contribution is -0.137. The number of aliphatic carboxylic acids is 1. The number of fused-ring (bicyclic) bond motifs is 1. The van der Waals surface area contributed by atoms with Crippen LogP contribution >= 0.6 is 11.3 Å². The first kappa shape index (κ1) is 12.1. The Morgan fingerprint density at radius 2 is 2.24 bits per heavy atom. The highest BCUT2D eigenvalue weighted by molar-refractivity contribution is 7.17. The van der Waals surface area contributed by atoms with Gasteiger partial charge in [-0.3, -0.25) is 4.79 Å². The maximum Gasteiger partial charge on any atom is 0.304 e. The van der Waals surface area contributed by atoms with Crippen LogP contribution in [0.5, 0.6) is 0 Å². The van der Waals surface area contributed by atoms with Gasteiger partial charge in [-0.1, -0.05) is 18.2 Å². The molecule has 1 atom stereocenters. The molecule has 0 amide bonds. The Morgan fingerprint density at radius 1 is 1.47 bits per heavy atom. The van der Waals surface area contributed by atoms with Gasteiger partial charge in [-0.15, -0.1) is 11.3 Å². The van der Waals surface area contributed by atoms with Gasteiger partial charge in [0, 0.05) is 17.7 Å². The molecule has 3 nitrogen and oxygen atoms in total. The second-order valence-electron chi connectivity index (χ2n) is 3.94. The Morgan fingerprint density at radius 3 is 2.94 bits per heavy atom. The van der Waals surface area contributed by atoms with Crippen molar-refractivity contribution in [2.45, 2.75) is 12.3 Å². The minimum Gasteiger partial charge on any atom is -0.481 e. The van der Waals surface area contributed by atoms with Crippen molar-refractivity contribution in [2.24, 2.45) is 0 Å². The first-order valence-electron chi connectivity index (χ1n) is 5.39. The molecule has 2 rings (SSSR count). The SMILES string of the molecule is COCC(CC(=O)O)c1csc2ccccc12. The van der Waals surface area contributed by atoms with Gasteiger partial charge in [0.25, 0.3) is 0 Å². The van der Waals surface area contributed by atoms with Crippen molar-refractivity contribution in [3.63, 3.8) is 0 Å². The summed E-state index contributed by atoms with van der Waals surface area (Å²) >= 11 is 1.65. The van der Waals surface area contributed by atoms with Crippen LogP contribution in [-0.4, -0.2) is 24.8 Å². The minimum absolute atomic E-state index is 0.0753. The van der Waals surface area contributed by atoms with Gasteiger partial charge in [0.1, 0.15) is 0 Å². The molecule has 0 saturated carbocycles. The lowest BCUT2D eigenvalue weighted by Gasteiger charge is -2.13. The second-order valence-corrected chi connectivity index (χ2v) is 4.85. The first-order valence-corrected chi connectivity index (χ1v) is 6.27. The van der Waals surface area contributed by atoms with Gasteiger partial charge in [0.2, 0.25) is 0 Å². The van der Waals surface area contributed by atoms with E-state index in [-0.39, 0.29) is 12.3 Å². The van der Waals surface area contributed by atoms with Crippen molar-refractivity contribution < 1.29 is 14.6 Å².